The second-order valence-corrected chi connectivity index (χ2v) is 4.96. The maximum atomic E-state index is 11.0. The van der Waals surface area contributed by atoms with Crippen LogP contribution in [0, 0.1) is 17.0 Å². The van der Waals surface area contributed by atoms with Crippen molar-refractivity contribution in [1.82, 2.24) is 0 Å². The summed E-state index contributed by atoms with van der Waals surface area (Å²) in [4.78, 5) is 10.5. The molecule has 0 atom stereocenters. The van der Waals surface area contributed by atoms with E-state index < -0.39 is 4.92 Å². The molecule has 2 aromatic carbocycles. The summed E-state index contributed by atoms with van der Waals surface area (Å²) < 4.78 is 0. The van der Waals surface area contributed by atoms with Crippen molar-refractivity contribution in [2.24, 2.45) is 0 Å². The first kappa shape index (κ1) is 14.3. The molecule has 0 radical (unpaired) electrons. The highest BCUT2D eigenvalue weighted by Crippen LogP contribution is 2.31. The lowest BCUT2D eigenvalue weighted by Gasteiger charge is -2.09. The molecule has 20 heavy (non-hydrogen) atoms. The normalized spacial score (nSPS) is 10.3. The summed E-state index contributed by atoms with van der Waals surface area (Å²) in [6.07, 6.45) is 0.782. The number of para-hydroxylation sites is 1. The molecule has 0 heterocycles. The first-order valence-electron chi connectivity index (χ1n) is 6.30. The third kappa shape index (κ3) is 3.48. The Balaban J connectivity index is 2.06. The van der Waals surface area contributed by atoms with Crippen LogP contribution in [0.2, 0.25) is 5.02 Å². The second-order valence-electron chi connectivity index (χ2n) is 4.56. The van der Waals surface area contributed by atoms with Crippen LogP contribution in [-0.2, 0) is 6.42 Å². The molecule has 1 N–H and O–H groups in total. The molecule has 0 aromatic heterocycles. The molecule has 2 rings (SSSR count). The van der Waals surface area contributed by atoms with Gasteiger partial charge in [-0.25, -0.2) is 0 Å². The predicted molar refractivity (Wildman–Crippen MR) is 81.5 cm³/mol. The summed E-state index contributed by atoms with van der Waals surface area (Å²) in [6, 6.07) is 12.8. The summed E-state index contributed by atoms with van der Waals surface area (Å²) in [7, 11) is 0. The number of anilines is 1. The van der Waals surface area contributed by atoms with E-state index in [2.05, 4.69) is 11.4 Å². The van der Waals surface area contributed by atoms with Crippen molar-refractivity contribution in [3.63, 3.8) is 0 Å². The summed E-state index contributed by atoms with van der Waals surface area (Å²) in [6.45, 7) is 2.63. The Morgan fingerprint density at radius 1 is 1.25 bits per heavy atom. The van der Waals surface area contributed by atoms with Crippen molar-refractivity contribution in [3.05, 3.63) is 68.7 Å². The molecule has 0 spiro atoms. The highest BCUT2D eigenvalue weighted by Gasteiger charge is 2.15. The maximum Gasteiger partial charge on any atom is 0.293 e. The average molecular weight is 291 g/mol. The quantitative estimate of drug-likeness (QED) is 0.663. The summed E-state index contributed by atoms with van der Waals surface area (Å²) in [5.41, 5.74) is 2.77. The monoisotopic (exact) mass is 290 g/mol. The Bertz CT molecular complexity index is 629. The van der Waals surface area contributed by atoms with Gasteiger partial charge in [0.1, 0.15) is 5.69 Å². The van der Waals surface area contributed by atoms with Gasteiger partial charge in [0.25, 0.3) is 5.69 Å². The molecule has 2 aromatic rings. The first-order chi connectivity index (χ1) is 9.58. The van der Waals surface area contributed by atoms with Crippen LogP contribution in [0.5, 0.6) is 0 Å². The lowest BCUT2D eigenvalue weighted by molar-refractivity contribution is -0.383. The fraction of sp³-hybridized carbons (Fsp3) is 0.200. The van der Waals surface area contributed by atoms with Gasteiger partial charge in [-0.05, 0) is 25.0 Å². The highest BCUT2D eigenvalue weighted by molar-refractivity contribution is 6.33. The fourth-order valence-corrected chi connectivity index (χ4v) is 2.28. The van der Waals surface area contributed by atoms with Gasteiger partial charge in [0, 0.05) is 12.6 Å². The Labute approximate surface area is 122 Å². The lowest BCUT2D eigenvalue weighted by Crippen LogP contribution is -2.07. The van der Waals surface area contributed by atoms with Gasteiger partial charge in [-0.15, -0.1) is 0 Å². The van der Waals surface area contributed by atoms with Gasteiger partial charge >= 0.3 is 0 Å². The fourth-order valence-electron chi connectivity index (χ4n) is 2.04. The molecule has 0 aliphatic heterocycles. The Hall–Kier alpha value is -2.07. The number of nitrogens with zero attached hydrogens (tertiary/aromatic N) is 1. The largest absolute Gasteiger partial charge is 0.378 e. The van der Waals surface area contributed by atoms with Gasteiger partial charge in [0.2, 0.25) is 0 Å². The van der Waals surface area contributed by atoms with Crippen LogP contribution in [0.3, 0.4) is 0 Å². The van der Waals surface area contributed by atoms with Crippen LogP contribution < -0.4 is 5.32 Å². The molecule has 0 saturated carbocycles. The molecule has 104 valence electrons. The third-order valence-corrected chi connectivity index (χ3v) is 3.30. The number of nitro benzene ring substituents is 1. The van der Waals surface area contributed by atoms with Crippen molar-refractivity contribution in [2.45, 2.75) is 13.3 Å². The predicted octanol–water partition coefficient (Wildman–Crippen LogP) is 4.21. The minimum absolute atomic E-state index is 0.00161. The van der Waals surface area contributed by atoms with Crippen molar-refractivity contribution in [2.75, 3.05) is 11.9 Å². The molecule has 0 unspecified atom stereocenters. The van der Waals surface area contributed by atoms with E-state index in [1.165, 1.54) is 17.2 Å². The molecular weight excluding hydrogens is 276 g/mol. The van der Waals surface area contributed by atoms with Crippen molar-refractivity contribution < 1.29 is 4.92 Å². The molecule has 0 aliphatic rings. The Morgan fingerprint density at radius 2 is 2.00 bits per heavy atom. The standard InChI is InChI=1S/C15H15ClN2O2/c1-11-4-2-5-12(10-11)8-9-17-15-13(16)6-3-7-14(15)18(19)20/h2-7,10,17H,8-9H2,1H3. The van der Waals surface area contributed by atoms with E-state index in [9.17, 15) is 10.1 Å². The molecular formula is C15H15ClN2O2. The van der Waals surface area contributed by atoms with Gasteiger partial charge in [-0.1, -0.05) is 47.5 Å². The van der Waals surface area contributed by atoms with Gasteiger partial charge in [0.15, 0.2) is 0 Å². The summed E-state index contributed by atoms with van der Waals surface area (Å²) in [5, 5.41) is 14.4. The molecule has 0 fully saturated rings. The molecule has 5 heteroatoms. The van der Waals surface area contributed by atoms with Gasteiger partial charge in [-0.3, -0.25) is 10.1 Å². The van der Waals surface area contributed by atoms with Crippen molar-refractivity contribution in [1.29, 1.82) is 0 Å². The van der Waals surface area contributed by atoms with E-state index in [0.29, 0.717) is 17.3 Å². The van der Waals surface area contributed by atoms with Crippen molar-refractivity contribution in [3.8, 4) is 0 Å². The number of nitrogens with one attached hydrogen (secondary N) is 1. The summed E-state index contributed by atoms with van der Waals surface area (Å²) >= 11 is 6.01. The van der Waals surface area contributed by atoms with Gasteiger partial charge < -0.3 is 5.32 Å². The molecule has 4 nitrogen and oxygen atoms in total. The number of rotatable bonds is 5. The minimum Gasteiger partial charge on any atom is -0.378 e. The summed E-state index contributed by atoms with van der Waals surface area (Å²) in [5.74, 6) is 0. The van der Waals surface area contributed by atoms with Gasteiger partial charge in [-0.2, -0.15) is 0 Å². The topological polar surface area (TPSA) is 55.2 Å². The Morgan fingerprint density at radius 3 is 2.70 bits per heavy atom. The number of aryl methyl sites for hydroxylation is 1. The van der Waals surface area contributed by atoms with E-state index >= 15 is 0 Å². The Kier molecular flexibility index (Phi) is 4.58. The average Bonchev–Trinajstić information content (AvgIpc) is 2.40. The van der Waals surface area contributed by atoms with Crippen LogP contribution in [0.4, 0.5) is 11.4 Å². The van der Waals surface area contributed by atoms with Crippen LogP contribution in [0.1, 0.15) is 11.1 Å². The van der Waals surface area contributed by atoms with E-state index in [0.717, 1.165) is 6.42 Å². The number of benzene rings is 2. The number of nitro groups is 1. The second kappa shape index (κ2) is 6.39. The van der Waals surface area contributed by atoms with E-state index in [1.807, 2.05) is 25.1 Å². The first-order valence-corrected chi connectivity index (χ1v) is 6.68. The van der Waals surface area contributed by atoms with Crippen LogP contribution in [0.15, 0.2) is 42.5 Å². The lowest BCUT2D eigenvalue weighted by atomic mass is 10.1. The van der Waals surface area contributed by atoms with Gasteiger partial charge in [0.05, 0.1) is 9.95 Å². The number of hydrogen-bond acceptors (Lipinski definition) is 3. The minimum atomic E-state index is -0.430. The highest BCUT2D eigenvalue weighted by atomic mass is 35.5. The smallest absolute Gasteiger partial charge is 0.293 e. The van der Waals surface area contributed by atoms with Crippen LogP contribution in [0.25, 0.3) is 0 Å². The maximum absolute atomic E-state index is 11.0. The van der Waals surface area contributed by atoms with Crippen molar-refractivity contribution >= 4 is 23.0 Å². The number of halogens is 1. The number of hydrogen-bond donors (Lipinski definition) is 1. The van der Waals surface area contributed by atoms with E-state index in [4.69, 9.17) is 11.6 Å². The van der Waals surface area contributed by atoms with E-state index in [-0.39, 0.29) is 5.69 Å². The van der Waals surface area contributed by atoms with Crippen LogP contribution >= 0.6 is 11.6 Å². The zero-order chi connectivity index (χ0) is 14.5. The van der Waals surface area contributed by atoms with E-state index in [1.54, 1.807) is 12.1 Å². The third-order valence-electron chi connectivity index (χ3n) is 2.99. The SMILES string of the molecule is Cc1cccc(CCNc2c(Cl)cccc2[N+](=O)[O-])c1. The zero-order valence-corrected chi connectivity index (χ0v) is 11.9. The van der Waals surface area contributed by atoms with Crippen LogP contribution in [-0.4, -0.2) is 11.5 Å². The molecule has 0 amide bonds. The molecule has 0 aliphatic carbocycles. The molecule has 0 bridgehead atoms. The zero-order valence-electron chi connectivity index (χ0n) is 11.1. The molecule has 0 saturated heterocycles.